The zero-order valence-corrected chi connectivity index (χ0v) is 8.49. The van der Waals surface area contributed by atoms with E-state index in [-0.39, 0.29) is 12.6 Å². The number of nitrogens with zero attached hydrogens (tertiary/aromatic N) is 2. The number of hydrogen-bond acceptors (Lipinski definition) is 6. The molecule has 2 aliphatic rings. The van der Waals surface area contributed by atoms with E-state index in [1.807, 2.05) is 0 Å². The minimum Gasteiger partial charge on any atom is -0.453 e. The summed E-state index contributed by atoms with van der Waals surface area (Å²) >= 11 is 0. The Labute approximate surface area is 94.0 Å². The van der Waals surface area contributed by atoms with E-state index in [1.165, 1.54) is 4.57 Å². The second kappa shape index (κ2) is 3.49. The molecule has 7 nitrogen and oxygen atoms in total. The highest BCUT2D eigenvalue weighted by atomic mass is 19.1. The van der Waals surface area contributed by atoms with Crippen LogP contribution < -0.4 is 10.3 Å². The van der Waals surface area contributed by atoms with Crippen molar-refractivity contribution in [2.75, 3.05) is 6.61 Å². The molecule has 1 aromatic heterocycles. The lowest BCUT2D eigenvalue weighted by Gasteiger charge is -2.13. The van der Waals surface area contributed by atoms with Crippen LogP contribution in [0.4, 0.5) is 4.39 Å². The number of aromatic nitrogens is 2. The lowest BCUT2D eigenvalue weighted by Crippen LogP contribution is -2.34. The van der Waals surface area contributed by atoms with E-state index in [1.54, 1.807) is 0 Å². The molecule has 0 bridgehead atoms. The van der Waals surface area contributed by atoms with Crippen molar-refractivity contribution in [3.63, 3.8) is 0 Å². The Balaban J connectivity index is 2.02. The largest absolute Gasteiger partial charge is 0.453 e. The molecule has 0 unspecified atom stereocenters. The Morgan fingerprint density at radius 2 is 2.35 bits per heavy atom. The summed E-state index contributed by atoms with van der Waals surface area (Å²) in [6.07, 6.45) is -2.49. The molecule has 0 aliphatic carbocycles. The first-order chi connectivity index (χ1) is 8.11. The summed E-state index contributed by atoms with van der Waals surface area (Å²) < 4.78 is 24.8. The molecule has 0 amide bonds. The molecule has 92 valence electrons. The van der Waals surface area contributed by atoms with Gasteiger partial charge in [-0.05, 0) is 0 Å². The smallest absolute Gasteiger partial charge is 0.311 e. The van der Waals surface area contributed by atoms with Crippen molar-refractivity contribution < 1.29 is 24.1 Å². The van der Waals surface area contributed by atoms with Crippen LogP contribution >= 0.6 is 0 Å². The SMILES string of the molecule is O=c1nc2n(cc1F)[C@H]1O[C@@H](CO)[C@H](O)[C@H]1O2. The first kappa shape index (κ1) is 10.6. The number of aliphatic hydroxyl groups is 2. The predicted molar refractivity (Wildman–Crippen MR) is 49.9 cm³/mol. The maximum absolute atomic E-state index is 13.1. The molecule has 1 saturated heterocycles. The standard InChI is InChI=1S/C9H9FN2O5/c10-3-1-12-8-6(5(14)4(2-13)16-8)17-9(12)11-7(3)15/h1,4-6,8,13-14H,2H2/t4-,5-,6+,8-/m0/s1. The molecular formula is C9H9FN2O5. The van der Waals surface area contributed by atoms with Gasteiger partial charge in [0.25, 0.3) is 0 Å². The molecule has 8 heteroatoms. The number of rotatable bonds is 1. The summed E-state index contributed by atoms with van der Waals surface area (Å²) in [5.41, 5.74) is -1.02. The highest BCUT2D eigenvalue weighted by Crippen LogP contribution is 2.38. The van der Waals surface area contributed by atoms with E-state index in [0.29, 0.717) is 0 Å². The molecule has 2 N–H and O–H groups in total. The zero-order chi connectivity index (χ0) is 12.2. The molecule has 3 rings (SSSR count). The molecule has 17 heavy (non-hydrogen) atoms. The van der Waals surface area contributed by atoms with Crippen LogP contribution in [0, 0.1) is 5.82 Å². The van der Waals surface area contributed by atoms with Crippen LogP contribution in [0.15, 0.2) is 11.0 Å². The highest BCUT2D eigenvalue weighted by molar-refractivity contribution is 5.11. The van der Waals surface area contributed by atoms with Crippen molar-refractivity contribution in [3.05, 3.63) is 22.4 Å². The molecule has 4 atom stereocenters. The number of hydrogen-bond donors (Lipinski definition) is 2. The first-order valence-corrected chi connectivity index (χ1v) is 5.01. The number of halogens is 1. The maximum atomic E-state index is 13.1. The summed E-state index contributed by atoms with van der Waals surface area (Å²) in [7, 11) is 0. The van der Waals surface area contributed by atoms with Crippen molar-refractivity contribution in [2.45, 2.75) is 24.5 Å². The number of ether oxygens (including phenoxy) is 2. The van der Waals surface area contributed by atoms with Crippen molar-refractivity contribution in [1.29, 1.82) is 0 Å². The molecule has 1 fully saturated rings. The lowest BCUT2D eigenvalue weighted by molar-refractivity contribution is -0.0437. The molecular weight excluding hydrogens is 235 g/mol. The predicted octanol–water partition coefficient (Wildman–Crippen LogP) is -1.61. The van der Waals surface area contributed by atoms with E-state index in [2.05, 4.69) is 4.98 Å². The summed E-state index contributed by atoms with van der Waals surface area (Å²) in [4.78, 5) is 14.4. The van der Waals surface area contributed by atoms with E-state index >= 15 is 0 Å². The normalized spacial score (nSPS) is 34.3. The Morgan fingerprint density at radius 3 is 3.06 bits per heavy atom. The third-order valence-corrected chi connectivity index (χ3v) is 2.88. The molecule has 1 aromatic rings. The average molecular weight is 244 g/mol. The molecule has 0 spiro atoms. The van der Waals surface area contributed by atoms with Crippen LogP contribution in [-0.4, -0.2) is 44.7 Å². The Morgan fingerprint density at radius 1 is 1.59 bits per heavy atom. The van der Waals surface area contributed by atoms with E-state index < -0.39 is 35.9 Å². The molecule has 0 aromatic carbocycles. The van der Waals surface area contributed by atoms with Gasteiger partial charge in [-0.25, -0.2) is 0 Å². The molecule has 2 aliphatic heterocycles. The minimum absolute atomic E-state index is 0.0955. The number of fused-ring (bicyclic) bond motifs is 3. The first-order valence-electron chi connectivity index (χ1n) is 5.01. The fourth-order valence-corrected chi connectivity index (χ4v) is 2.04. The Hall–Kier alpha value is -1.51. The van der Waals surface area contributed by atoms with Gasteiger partial charge < -0.3 is 19.7 Å². The van der Waals surface area contributed by atoms with Crippen molar-refractivity contribution in [3.8, 4) is 6.01 Å². The fourth-order valence-electron chi connectivity index (χ4n) is 2.04. The van der Waals surface area contributed by atoms with Gasteiger partial charge in [0.1, 0.15) is 12.2 Å². The van der Waals surface area contributed by atoms with E-state index in [9.17, 15) is 14.3 Å². The fraction of sp³-hybridized carbons (Fsp3) is 0.556. The second-order valence-corrected chi connectivity index (χ2v) is 3.90. The molecule has 3 heterocycles. The Kier molecular flexibility index (Phi) is 2.18. The third-order valence-electron chi connectivity index (χ3n) is 2.88. The van der Waals surface area contributed by atoms with Gasteiger partial charge in [0.05, 0.1) is 12.8 Å². The van der Waals surface area contributed by atoms with Crippen molar-refractivity contribution >= 4 is 0 Å². The minimum atomic E-state index is -1.05. The highest BCUT2D eigenvalue weighted by Gasteiger charge is 2.51. The van der Waals surface area contributed by atoms with Gasteiger partial charge in [0, 0.05) is 0 Å². The van der Waals surface area contributed by atoms with Gasteiger partial charge in [-0.15, -0.1) is 0 Å². The van der Waals surface area contributed by atoms with Crippen LogP contribution in [0.2, 0.25) is 0 Å². The second-order valence-electron chi connectivity index (χ2n) is 3.90. The van der Waals surface area contributed by atoms with Gasteiger partial charge in [-0.1, -0.05) is 0 Å². The summed E-state index contributed by atoms with van der Waals surface area (Å²) in [6, 6.07) is -0.0955. The maximum Gasteiger partial charge on any atom is 0.311 e. The zero-order valence-electron chi connectivity index (χ0n) is 8.49. The van der Waals surface area contributed by atoms with E-state index in [0.717, 1.165) is 6.20 Å². The van der Waals surface area contributed by atoms with Crippen LogP contribution in [-0.2, 0) is 4.74 Å². The number of aliphatic hydroxyl groups excluding tert-OH is 2. The van der Waals surface area contributed by atoms with E-state index in [4.69, 9.17) is 14.6 Å². The topological polar surface area (TPSA) is 93.8 Å². The van der Waals surface area contributed by atoms with Crippen LogP contribution in [0.3, 0.4) is 0 Å². The van der Waals surface area contributed by atoms with Gasteiger partial charge in [-0.2, -0.15) is 9.37 Å². The molecule has 0 saturated carbocycles. The lowest BCUT2D eigenvalue weighted by atomic mass is 10.1. The van der Waals surface area contributed by atoms with Crippen LogP contribution in [0.25, 0.3) is 0 Å². The summed E-state index contributed by atoms with van der Waals surface area (Å²) in [6.45, 7) is -0.372. The Bertz CT molecular complexity index is 519. The third kappa shape index (κ3) is 1.38. The van der Waals surface area contributed by atoms with Crippen molar-refractivity contribution in [2.24, 2.45) is 0 Å². The van der Waals surface area contributed by atoms with Crippen LogP contribution in [0.1, 0.15) is 6.23 Å². The van der Waals surface area contributed by atoms with Gasteiger partial charge in [0.2, 0.25) is 5.82 Å². The van der Waals surface area contributed by atoms with Crippen molar-refractivity contribution in [1.82, 2.24) is 9.55 Å². The van der Waals surface area contributed by atoms with Gasteiger partial charge in [-0.3, -0.25) is 9.36 Å². The molecule has 0 radical (unpaired) electrons. The quantitative estimate of drug-likeness (QED) is 0.617. The van der Waals surface area contributed by atoms with Crippen LogP contribution in [0.5, 0.6) is 6.01 Å². The monoisotopic (exact) mass is 244 g/mol. The summed E-state index contributed by atoms with van der Waals surface area (Å²) in [5.74, 6) is -1.02. The van der Waals surface area contributed by atoms with Gasteiger partial charge in [0.15, 0.2) is 12.3 Å². The average Bonchev–Trinajstić information content (AvgIpc) is 2.78. The van der Waals surface area contributed by atoms with Gasteiger partial charge >= 0.3 is 11.6 Å². The summed E-state index contributed by atoms with van der Waals surface area (Å²) in [5, 5.41) is 18.7.